The summed E-state index contributed by atoms with van der Waals surface area (Å²) in [6, 6.07) is 0. The molecule has 1 nitrogen and oxygen atoms in total. The molecule has 0 radical (unpaired) electrons. The third-order valence-electron chi connectivity index (χ3n) is 8.41. The van der Waals surface area contributed by atoms with Crippen molar-refractivity contribution in [1.29, 1.82) is 0 Å². The summed E-state index contributed by atoms with van der Waals surface area (Å²) in [4.78, 5) is 0. The van der Waals surface area contributed by atoms with Gasteiger partial charge in [0.1, 0.15) is 0 Å². The minimum absolute atomic E-state index is 0.819. The van der Waals surface area contributed by atoms with E-state index in [4.69, 9.17) is 0 Å². The van der Waals surface area contributed by atoms with Crippen molar-refractivity contribution < 1.29 is 4.48 Å². The van der Waals surface area contributed by atoms with Crippen LogP contribution < -0.4 is 0 Å². The number of hydrogen-bond acceptors (Lipinski definition) is 0. The second-order valence-electron chi connectivity index (χ2n) is 13.1. The normalized spacial score (nSPS) is 13.5. The smallest absolute Gasteiger partial charge is 0.0807 e. The lowest BCUT2D eigenvalue weighted by Gasteiger charge is -2.36. The molecule has 0 saturated carbocycles. The standard InChI is InChI=1S/C35H74N/c1-6-8-10-12-14-16-18-19-20-21-22-23-25-27-29-31-33-36(5,34-35(3)4)32-30-28-26-24-17-15-13-11-9-7-2/h35H,6-34H2,1-5H3/q+1. The third kappa shape index (κ3) is 27.0. The van der Waals surface area contributed by atoms with Crippen LogP contribution >= 0.6 is 0 Å². The highest BCUT2D eigenvalue weighted by molar-refractivity contribution is 4.53. The van der Waals surface area contributed by atoms with Crippen LogP contribution in [0.4, 0.5) is 0 Å². The molecule has 0 fully saturated rings. The van der Waals surface area contributed by atoms with E-state index in [0.717, 1.165) is 5.92 Å². The van der Waals surface area contributed by atoms with Crippen molar-refractivity contribution in [3.63, 3.8) is 0 Å². The van der Waals surface area contributed by atoms with Crippen LogP contribution in [-0.4, -0.2) is 31.2 Å². The van der Waals surface area contributed by atoms with Crippen LogP contribution in [-0.2, 0) is 0 Å². The molecule has 1 heteroatoms. The summed E-state index contributed by atoms with van der Waals surface area (Å²) in [5, 5.41) is 0. The first-order valence-corrected chi connectivity index (χ1v) is 17.4. The van der Waals surface area contributed by atoms with E-state index in [1.54, 1.807) is 0 Å². The molecule has 0 amide bonds. The van der Waals surface area contributed by atoms with Crippen LogP contribution in [0.2, 0.25) is 0 Å². The van der Waals surface area contributed by atoms with Crippen LogP contribution in [0.1, 0.15) is 195 Å². The Hall–Kier alpha value is -0.0400. The van der Waals surface area contributed by atoms with Crippen molar-refractivity contribution in [2.75, 3.05) is 26.7 Å². The topological polar surface area (TPSA) is 0 Å². The van der Waals surface area contributed by atoms with Crippen LogP contribution in [0.25, 0.3) is 0 Å². The predicted molar refractivity (Wildman–Crippen MR) is 167 cm³/mol. The van der Waals surface area contributed by atoms with Gasteiger partial charge in [-0.25, -0.2) is 0 Å². The third-order valence-corrected chi connectivity index (χ3v) is 8.41. The first-order chi connectivity index (χ1) is 17.5. The second kappa shape index (κ2) is 28.0. The van der Waals surface area contributed by atoms with E-state index in [9.17, 15) is 0 Å². The summed E-state index contributed by atoms with van der Waals surface area (Å²) in [5.74, 6) is 0.819. The average Bonchev–Trinajstić information content (AvgIpc) is 2.84. The van der Waals surface area contributed by atoms with E-state index in [1.165, 1.54) is 191 Å². The summed E-state index contributed by atoms with van der Waals surface area (Å²) in [5.41, 5.74) is 0. The summed E-state index contributed by atoms with van der Waals surface area (Å²) < 4.78 is 1.33. The molecule has 0 aromatic rings. The SMILES string of the molecule is CCCCCCCCCCCCCCCCCC[N+](C)(CCCCCCCCCCCC)CC(C)C. The molecule has 0 N–H and O–H groups in total. The summed E-state index contributed by atoms with van der Waals surface area (Å²) in [6.07, 6.45) is 38.0. The van der Waals surface area contributed by atoms with E-state index < -0.39 is 0 Å². The number of hydrogen-bond donors (Lipinski definition) is 0. The van der Waals surface area contributed by atoms with Gasteiger partial charge in [0, 0.05) is 5.92 Å². The number of nitrogens with zero attached hydrogens (tertiary/aromatic N) is 1. The highest BCUT2D eigenvalue weighted by Crippen LogP contribution is 2.17. The van der Waals surface area contributed by atoms with Gasteiger partial charge in [-0.1, -0.05) is 169 Å². The second-order valence-corrected chi connectivity index (χ2v) is 13.1. The first kappa shape index (κ1) is 36.0. The van der Waals surface area contributed by atoms with E-state index in [2.05, 4.69) is 34.7 Å². The molecule has 0 aliphatic rings. The molecule has 1 unspecified atom stereocenters. The molecular formula is C35H74N+. The molecule has 36 heavy (non-hydrogen) atoms. The van der Waals surface area contributed by atoms with Crippen molar-refractivity contribution >= 4 is 0 Å². The largest absolute Gasteiger partial charge is 0.326 e. The van der Waals surface area contributed by atoms with Crippen molar-refractivity contribution in [3.05, 3.63) is 0 Å². The maximum atomic E-state index is 2.55. The summed E-state index contributed by atoms with van der Waals surface area (Å²) in [6.45, 7) is 13.7. The number of quaternary nitrogens is 1. The molecule has 218 valence electrons. The fraction of sp³-hybridized carbons (Fsp3) is 1.00. The van der Waals surface area contributed by atoms with Gasteiger partial charge in [0.05, 0.1) is 26.7 Å². The average molecular weight is 509 g/mol. The first-order valence-electron chi connectivity index (χ1n) is 17.4. The maximum absolute atomic E-state index is 2.55. The quantitative estimate of drug-likeness (QED) is 0.0668. The molecule has 0 aliphatic heterocycles. The minimum atomic E-state index is 0.819. The maximum Gasteiger partial charge on any atom is 0.0807 e. The van der Waals surface area contributed by atoms with Gasteiger partial charge >= 0.3 is 0 Å². The predicted octanol–water partition coefficient (Wildman–Crippen LogP) is 12.3. The van der Waals surface area contributed by atoms with E-state index in [0.29, 0.717) is 0 Å². The lowest BCUT2D eigenvalue weighted by Crippen LogP contribution is -2.48. The van der Waals surface area contributed by atoms with Crippen molar-refractivity contribution in [2.45, 2.75) is 195 Å². The lowest BCUT2D eigenvalue weighted by atomic mass is 10.0. The van der Waals surface area contributed by atoms with Crippen molar-refractivity contribution in [2.24, 2.45) is 5.92 Å². The Morgan fingerprint density at radius 3 is 0.806 bits per heavy atom. The zero-order valence-corrected chi connectivity index (χ0v) is 26.5. The molecule has 0 bridgehead atoms. The van der Waals surface area contributed by atoms with Gasteiger partial charge in [0.15, 0.2) is 0 Å². The summed E-state index contributed by atoms with van der Waals surface area (Å²) >= 11 is 0. The molecular weight excluding hydrogens is 434 g/mol. The van der Waals surface area contributed by atoms with Gasteiger partial charge < -0.3 is 4.48 Å². The van der Waals surface area contributed by atoms with Crippen molar-refractivity contribution in [1.82, 2.24) is 0 Å². The highest BCUT2D eigenvalue weighted by atomic mass is 15.3. The fourth-order valence-corrected chi connectivity index (χ4v) is 6.20. The number of rotatable bonds is 30. The van der Waals surface area contributed by atoms with Crippen LogP contribution in [0.3, 0.4) is 0 Å². The minimum Gasteiger partial charge on any atom is -0.326 e. The molecule has 0 aromatic carbocycles. The zero-order chi connectivity index (χ0) is 26.6. The Morgan fingerprint density at radius 1 is 0.361 bits per heavy atom. The lowest BCUT2D eigenvalue weighted by molar-refractivity contribution is -0.912. The van der Waals surface area contributed by atoms with E-state index in [1.807, 2.05) is 0 Å². The Morgan fingerprint density at radius 2 is 0.583 bits per heavy atom. The fourth-order valence-electron chi connectivity index (χ4n) is 6.20. The molecule has 0 saturated heterocycles. The van der Waals surface area contributed by atoms with Gasteiger partial charge in [-0.15, -0.1) is 0 Å². The molecule has 0 heterocycles. The van der Waals surface area contributed by atoms with Crippen LogP contribution in [0.5, 0.6) is 0 Å². The van der Waals surface area contributed by atoms with Gasteiger partial charge in [-0.3, -0.25) is 0 Å². The van der Waals surface area contributed by atoms with Crippen molar-refractivity contribution in [3.8, 4) is 0 Å². The highest BCUT2D eigenvalue weighted by Gasteiger charge is 2.22. The number of unbranched alkanes of at least 4 members (excludes halogenated alkanes) is 24. The van der Waals surface area contributed by atoms with Crippen LogP contribution in [0, 0.1) is 5.92 Å². The summed E-state index contributed by atoms with van der Waals surface area (Å²) in [7, 11) is 2.55. The zero-order valence-electron chi connectivity index (χ0n) is 26.5. The molecule has 1 atom stereocenters. The van der Waals surface area contributed by atoms with Crippen LogP contribution in [0.15, 0.2) is 0 Å². The Balaban J connectivity index is 3.63. The van der Waals surface area contributed by atoms with Gasteiger partial charge in [-0.05, 0) is 25.7 Å². The van der Waals surface area contributed by atoms with Gasteiger partial charge in [0.2, 0.25) is 0 Å². The van der Waals surface area contributed by atoms with Gasteiger partial charge in [-0.2, -0.15) is 0 Å². The molecule has 0 spiro atoms. The molecule has 0 aliphatic carbocycles. The van der Waals surface area contributed by atoms with E-state index in [-0.39, 0.29) is 0 Å². The molecule has 0 rings (SSSR count). The Kier molecular flexibility index (Phi) is 27.9. The van der Waals surface area contributed by atoms with E-state index >= 15 is 0 Å². The van der Waals surface area contributed by atoms with Gasteiger partial charge in [0.25, 0.3) is 0 Å². The Bertz CT molecular complexity index is 403. The Labute approximate surface area is 231 Å². The monoisotopic (exact) mass is 509 g/mol. The molecule has 0 aromatic heterocycles.